The van der Waals surface area contributed by atoms with Crippen molar-refractivity contribution in [2.75, 3.05) is 12.4 Å². The summed E-state index contributed by atoms with van der Waals surface area (Å²) in [6, 6.07) is 20.6. The summed E-state index contributed by atoms with van der Waals surface area (Å²) in [6.45, 7) is 0. The largest absolute Gasteiger partial charge is 0.481 e. The fourth-order valence-corrected chi connectivity index (χ4v) is 4.43. The monoisotopic (exact) mass is 453 g/mol. The smallest absolute Gasteiger partial charge is 0.318 e. The van der Waals surface area contributed by atoms with Crippen molar-refractivity contribution in [3.63, 3.8) is 0 Å². The number of amides is 2. The summed E-state index contributed by atoms with van der Waals surface area (Å²) >= 11 is 0. The lowest BCUT2D eigenvalue weighted by Gasteiger charge is -2.18. The number of aliphatic carboxylic acids is 1. The zero-order chi connectivity index (χ0) is 23.1. The number of benzene rings is 3. The summed E-state index contributed by atoms with van der Waals surface area (Å²) in [5.74, 6) is -1.12. The highest BCUT2D eigenvalue weighted by molar-refractivity contribution is 7.89. The Morgan fingerprint density at radius 2 is 1.56 bits per heavy atom. The van der Waals surface area contributed by atoms with E-state index >= 15 is 0 Å². The number of carboxylic acid groups (broad SMARTS) is 1. The van der Waals surface area contributed by atoms with Crippen LogP contribution in [0.4, 0.5) is 10.5 Å². The molecular weight excluding hydrogens is 430 g/mol. The lowest BCUT2D eigenvalue weighted by molar-refractivity contribution is -0.137. The standard InChI is InChI=1S/C23H23N3O5S/c1-24-23(29)25-19-11-5-9-17(13-19)18-10-6-12-20(14-18)32(30,31)26-21(15-22(27)28)16-7-3-2-4-8-16/h2-14,21,26H,15H2,1H3,(H,27,28)(H2,24,25,29). The predicted molar refractivity (Wildman–Crippen MR) is 122 cm³/mol. The molecule has 0 saturated heterocycles. The normalized spacial score (nSPS) is 12.0. The number of carbonyl (C=O) groups excluding carboxylic acids is 1. The zero-order valence-corrected chi connectivity index (χ0v) is 18.1. The van der Waals surface area contributed by atoms with Gasteiger partial charge in [0, 0.05) is 12.7 Å². The quantitative estimate of drug-likeness (QED) is 0.415. The molecule has 32 heavy (non-hydrogen) atoms. The van der Waals surface area contributed by atoms with Crippen LogP contribution in [0.15, 0.2) is 83.8 Å². The van der Waals surface area contributed by atoms with Crippen molar-refractivity contribution in [1.29, 1.82) is 0 Å². The van der Waals surface area contributed by atoms with Crippen molar-refractivity contribution >= 4 is 27.7 Å². The number of nitrogens with one attached hydrogen (secondary N) is 3. The molecule has 0 saturated carbocycles. The molecule has 0 spiro atoms. The van der Waals surface area contributed by atoms with Gasteiger partial charge in [0.2, 0.25) is 10.0 Å². The number of carboxylic acids is 1. The number of anilines is 1. The third kappa shape index (κ3) is 5.93. The molecule has 0 aliphatic heterocycles. The minimum absolute atomic E-state index is 0.00554. The maximum absolute atomic E-state index is 13.1. The molecule has 1 unspecified atom stereocenters. The Morgan fingerprint density at radius 3 is 2.22 bits per heavy atom. The molecule has 0 heterocycles. The summed E-state index contributed by atoms with van der Waals surface area (Å²) in [5, 5.41) is 14.4. The van der Waals surface area contributed by atoms with Gasteiger partial charge >= 0.3 is 12.0 Å². The number of rotatable bonds is 8. The Morgan fingerprint density at radius 1 is 0.906 bits per heavy atom. The Balaban J connectivity index is 1.90. The number of urea groups is 1. The Labute approximate surface area is 186 Å². The van der Waals surface area contributed by atoms with Crippen LogP contribution in [0.2, 0.25) is 0 Å². The molecule has 0 aliphatic rings. The van der Waals surface area contributed by atoms with Gasteiger partial charge in [0.25, 0.3) is 0 Å². The van der Waals surface area contributed by atoms with Crippen molar-refractivity contribution in [2.45, 2.75) is 17.4 Å². The summed E-state index contributed by atoms with van der Waals surface area (Å²) < 4.78 is 28.6. The summed E-state index contributed by atoms with van der Waals surface area (Å²) in [4.78, 5) is 22.9. The van der Waals surface area contributed by atoms with Crippen molar-refractivity contribution in [3.05, 3.63) is 84.4 Å². The second-order valence-electron chi connectivity index (χ2n) is 7.00. The summed E-state index contributed by atoms with van der Waals surface area (Å²) in [6.07, 6.45) is -0.393. The summed E-state index contributed by atoms with van der Waals surface area (Å²) in [5.41, 5.74) is 2.45. The van der Waals surface area contributed by atoms with E-state index in [1.165, 1.54) is 19.2 Å². The van der Waals surface area contributed by atoms with Crippen LogP contribution in [0, 0.1) is 0 Å². The second kappa shape index (κ2) is 10.1. The fourth-order valence-electron chi connectivity index (χ4n) is 3.16. The first-order chi connectivity index (χ1) is 15.3. The number of hydrogen-bond acceptors (Lipinski definition) is 4. The van der Waals surface area contributed by atoms with Crippen molar-refractivity contribution in [1.82, 2.24) is 10.0 Å². The van der Waals surface area contributed by atoms with Crippen LogP contribution in [0.25, 0.3) is 11.1 Å². The minimum atomic E-state index is -4.01. The number of hydrogen-bond donors (Lipinski definition) is 4. The third-order valence-electron chi connectivity index (χ3n) is 4.70. The van der Waals surface area contributed by atoms with Crippen LogP contribution in [0.5, 0.6) is 0 Å². The molecule has 3 rings (SSSR count). The molecule has 0 bridgehead atoms. The molecule has 3 aromatic rings. The lowest BCUT2D eigenvalue weighted by atomic mass is 10.1. The summed E-state index contributed by atoms with van der Waals surface area (Å²) in [7, 11) is -2.50. The highest BCUT2D eigenvalue weighted by atomic mass is 32.2. The van der Waals surface area contributed by atoms with Gasteiger partial charge in [-0.05, 0) is 41.0 Å². The van der Waals surface area contributed by atoms with E-state index in [0.717, 1.165) is 0 Å². The highest BCUT2D eigenvalue weighted by Gasteiger charge is 2.24. The van der Waals surface area contributed by atoms with Crippen LogP contribution in [0.3, 0.4) is 0 Å². The number of carbonyl (C=O) groups is 2. The van der Waals surface area contributed by atoms with Crippen LogP contribution in [0.1, 0.15) is 18.0 Å². The molecule has 9 heteroatoms. The molecule has 1 atom stereocenters. The van der Waals surface area contributed by atoms with Crippen LogP contribution in [-0.4, -0.2) is 32.6 Å². The van der Waals surface area contributed by atoms with Crippen LogP contribution >= 0.6 is 0 Å². The van der Waals surface area contributed by atoms with Gasteiger partial charge in [0.15, 0.2) is 0 Å². The van der Waals surface area contributed by atoms with Crippen LogP contribution < -0.4 is 15.4 Å². The Hall–Kier alpha value is -3.69. The van der Waals surface area contributed by atoms with E-state index in [1.54, 1.807) is 66.7 Å². The van der Waals surface area contributed by atoms with Crippen molar-refractivity contribution in [2.24, 2.45) is 0 Å². The molecule has 2 amide bonds. The van der Waals surface area contributed by atoms with Crippen molar-refractivity contribution < 1.29 is 23.1 Å². The van der Waals surface area contributed by atoms with Gasteiger partial charge in [-0.3, -0.25) is 4.79 Å². The topological polar surface area (TPSA) is 125 Å². The van der Waals surface area contributed by atoms with E-state index in [-0.39, 0.29) is 10.9 Å². The molecule has 0 aliphatic carbocycles. The first-order valence-corrected chi connectivity index (χ1v) is 11.2. The average molecular weight is 454 g/mol. The maximum Gasteiger partial charge on any atom is 0.318 e. The van der Waals surface area contributed by atoms with Gasteiger partial charge in [-0.1, -0.05) is 54.6 Å². The van der Waals surface area contributed by atoms with E-state index in [9.17, 15) is 23.1 Å². The maximum atomic E-state index is 13.1. The molecule has 166 valence electrons. The molecule has 8 nitrogen and oxygen atoms in total. The van der Waals surface area contributed by atoms with Crippen molar-refractivity contribution in [3.8, 4) is 11.1 Å². The molecule has 0 fully saturated rings. The molecule has 0 aromatic heterocycles. The third-order valence-corrected chi connectivity index (χ3v) is 6.17. The SMILES string of the molecule is CNC(=O)Nc1cccc(-c2cccc(S(=O)(=O)NC(CC(=O)O)c3ccccc3)c2)c1. The Kier molecular flexibility index (Phi) is 7.24. The van der Waals surface area contributed by atoms with Gasteiger partial charge in [0.1, 0.15) is 0 Å². The van der Waals surface area contributed by atoms with Gasteiger partial charge in [-0.2, -0.15) is 0 Å². The first kappa shape index (κ1) is 23.0. The van der Waals surface area contributed by atoms with Gasteiger partial charge < -0.3 is 15.7 Å². The fraction of sp³-hybridized carbons (Fsp3) is 0.130. The minimum Gasteiger partial charge on any atom is -0.481 e. The molecule has 4 N–H and O–H groups in total. The van der Waals surface area contributed by atoms with E-state index < -0.39 is 28.5 Å². The molecule has 3 aromatic carbocycles. The van der Waals surface area contributed by atoms with E-state index in [1.807, 2.05) is 0 Å². The predicted octanol–water partition coefficient (Wildman–Crippen LogP) is 3.60. The lowest BCUT2D eigenvalue weighted by Crippen LogP contribution is -2.30. The van der Waals surface area contributed by atoms with E-state index in [0.29, 0.717) is 22.4 Å². The molecule has 0 radical (unpaired) electrons. The highest BCUT2D eigenvalue weighted by Crippen LogP contribution is 2.26. The van der Waals surface area contributed by atoms with E-state index in [2.05, 4.69) is 15.4 Å². The molecular formula is C23H23N3O5S. The zero-order valence-electron chi connectivity index (χ0n) is 17.3. The van der Waals surface area contributed by atoms with E-state index in [4.69, 9.17) is 0 Å². The van der Waals surface area contributed by atoms with Gasteiger partial charge in [-0.25, -0.2) is 17.9 Å². The van der Waals surface area contributed by atoms with Gasteiger partial charge in [0.05, 0.1) is 17.4 Å². The second-order valence-corrected chi connectivity index (χ2v) is 8.71. The van der Waals surface area contributed by atoms with Crippen LogP contribution in [-0.2, 0) is 14.8 Å². The average Bonchev–Trinajstić information content (AvgIpc) is 2.79. The number of sulfonamides is 1. The first-order valence-electron chi connectivity index (χ1n) is 9.77. The van der Waals surface area contributed by atoms with Gasteiger partial charge in [-0.15, -0.1) is 0 Å². The Bertz CT molecular complexity index is 1210.